The molecule has 1 aliphatic rings. The Morgan fingerprint density at radius 1 is 1.48 bits per heavy atom. The molecule has 1 saturated carbocycles. The van der Waals surface area contributed by atoms with Gasteiger partial charge in [-0.2, -0.15) is 0 Å². The van der Waals surface area contributed by atoms with Crippen molar-refractivity contribution in [3.8, 4) is 5.75 Å². The van der Waals surface area contributed by atoms with E-state index in [1.165, 1.54) is 12.1 Å². The molecule has 3 rings (SSSR count). The molecule has 0 saturated heterocycles. The zero-order valence-corrected chi connectivity index (χ0v) is 11.3. The number of benzene rings is 1. The average molecular weight is 291 g/mol. The highest BCUT2D eigenvalue weighted by molar-refractivity contribution is 6.06. The van der Waals surface area contributed by atoms with Crippen LogP contribution in [0, 0.1) is 0 Å². The van der Waals surface area contributed by atoms with Gasteiger partial charge in [0.15, 0.2) is 0 Å². The number of nitrogens with one attached hydrogen (secondary N) is 2. The molecule has 7 heteroatoms. The van der Waals surface area contributed by atoms with E-state index in [0.29, 0.717) is 22.5 Å². The van der Waals surface area contributed by atoms with Gasteiger partial charge in [-0.05, 0) is 25.0 Å². The fourth-order valence-corrected chi connectivity index (χ4v) is 2.21. The fraction of sp³-hybridized carbons (Fsp3) is 0.429. The lowest BCUT2D eigenvalue weighted by Crippen LogP contribution is -2.34. The molecule has 0 bridgehead atoms. The first-order valence-corrected chi connectivity index (χ1v) is 6.89. The van der Waals surface area contributed by atoms with Gasteiger partial charge in [0.05, 0.1) is 23.8 Å². The molecule has 0 aliphatic heterocycles. The van der Waals surface area contributed by atoms with Gasteiger partial charge in [0.2, 0.25) is 0 Å². The minimum absolute atomic E-state index is 0.0279. The molecule has 5 N–H and O–H groups in total. The van der Waals surface area contributed by atoms with Crippen LogP contribution in [0.3, 0.4) is 0 Å². The third-order valence-electron chi connectivity index (χ3n) is 3.56. The number of aliphatic hydroxyl groups excluding tert-OH is 2. The number of phenols is 1. The molecule has 1 amide bonds. The lowest BCUT2D eigenvalue weighted by atomic mass is 10.1. The summed E-state index contributed by atoms with van der Waals surface area (Å²) in [6, 6.07) is 2.93. The molecule has 21 heavy (non-hydrogen) atoms. The van der Waals surface area contributed by atoms with Gasteiger partial charge in [-0.3, -0.25) is 4.79 Å². The maximum absolute atomic E-state index is 12.2. The van der Waals surface area contributed by atoms with Crippen LogP contribution in [0.1, 0.15) is 34.9 Å². The van der Waals surface area contributed by atoms with Crippen molar-refractivity contribution in [3.05, 3.63) is 23.5 Å². The Hall–Kier alpha value is -2.12. The van der Waals surface area contributed by atoms with Gasteiger partial charge in [0, 0.05) is 12.5 Å². The standard InChI is InChI=1S/C14H17N3O4/c18-6-8(19)5-15-14(21)9-3-4-10(20)12-11(9)16-13(17-12)7-1-2-7/h3-4,7-8,18-20H,1-2,5-6H2,(H,15,21)(H,16,17). The molecule has 1 unspecified atom stereocenters. The number of aliphatic hydroxyl groups is 2. The van der Waals surface area contributed by atoms with Crippen molar-refractivity contribution in [2.24, 2.45) is 0 Å². The van der Waals surface area contributed by atoms with Gasteiger partial charge >= 0.3 is 0 Å². The molecule has 1 heterocycles. The number of rotatable bonds is 5. The van der Waals surface area contributed by atoms with Gasteiger partial charge < -0.3 is 25.6 Å². The topological polar surface area (TPSA) is 118 Å². The van der Waals surface area contributed by atoms with Crippen LogP contribution in [0.2, 0.25) is 0 Å². The number of amides is 1. The normalized spacial score (nSPS) is 16.1. The van der Waals surface area contributed by atoms with Crippen LogP contribution in [0.5, 0.6) is 5.75 Å². The monoisotopic (exact) mass is 291 g/mol. The van der Waals surface area contributed by atoms with Gasteiger partial charge in [0.1, 0.15) is 17.1 Å². The molecule has 2 aromatic rings. The van der Waals surface area contributed by atoms with Crippen LogP contribution in [0.15, 0.2) is 12.1 Å². The minimum atomic E-state index is -0.995. The van der Waals surface area contributed by atoms with E-state index >= 15 is 0 Å². The summed E-state index contributed by atoms with van der Waals surface area (Å²) in [5, 5.41) is 30.4. The lowest BCUT2D eigenvalue weighted by Gasteiger charge is -2.09. The van der Waals surface area contributed by atoms with Crippen molar-refractivity contribution >= 4 is 16.9 Å². The van der Waals surface area contributed by atoms with Gasteiger partial charge in [0.25, 0.3) is 5.91 Å². The van der Waals surface area contributed by atoms with Crippen LogP contribution in [-0.2, 0) is 0 Å². The molecule has 1 fully saturated rings. The predicted octanol–water partition coefficient (Wildman–Crippen LogP) is 0.229. The van der Waals surface area contributed by atoms with Crippen LogP contribution in [0.4, 0.5) is 0 Å². The van der Waals surface area contributed by atoms with E-state index in [-0.39, 0.29) is 12.3 Å². The summed E-state index contributed by atoms with van der Waals surface area (Å²) in [7, 11) is 0. The van der Waals surface area contributed by atoms with E-state index < -0.39 is 18.6 Å². The highest BCUT2D eigenvalue weighted by atomic mass is 16.3. The third kappa shape index (κ3) is 2.70. The van der Waals surface area contributed by atoms with E-state index in [4.69, 9.17) is 5.11 Å². The molecule has 0 radical (unpaired) electrons. The Morgan fingerprint density at radius 3 is 2.90 bits per heavy atom. The molecule has 7 nitrogen and oxygen atoms in total. The van der Waals surface area contributed by atoms with E-state index in [0.717, 1.165) is 18.7 Å². The Kier molecular flexibility index (Phi) is 3.52. The highest BCUT2D eigenvalue weighted by Gasteiger charge is 2.28. The number of hydrogen-bond donors (Lipinski definition) is 5. The summed E-state index contributed by atoms with van der Waals surface area (Å²) in [6.07, 6.45) is 1.13. The van der Waals surface area contributed by atoms with Crippen molar-refractivity contribution in [1.82, 2.24) is 15.3 Å². The van der Waals surface area contributed by atoms with E-state index in [2.05, 4.69) is 15.3 Å². The smallest absolute Gasteiger partial charge is 0.253 e. The third-order valence-corrected chi connectivity index (χ3v) is 3.56. The Bertz CT molecular complexity index is 678. The first-order chi connectivity index (χ1) is 10.1. The molecule has 1 aromatic heterocycles. The Morgan fingerprint density at radius 2 is 2.24 bits per heavy atom. The van der Waals surface area contributed by atoms with Crippen molar-refractivity contribution in [2.75, 3.05) is 13.2 Å². The summed E-state index contributed by atoms with van der Waals surface area (Å²) in [5.41, 5.74) is 1.23. The summed E-state index contributed by atoms with van der Waals surface area (Å²) in [5.74, 6) is 0.804. The number of phenolic OH excluding ortho intramolecular Hbond substituents is 1. The van der Waals surface area contributed by atoms with Crippen LogP contribution >= 0.6 is 0 Å². The van der Waals surface area contributed by atoms with Crippen molar-refractivity contribution in [1.29, 1.82) is 0 Å². The molecule has 1 atom stereocenters. The second-order valence-corrected chi connectivity index (χ2v) is 5.30. The number of carbonyl (C=O) groups excluding carboxylic acids is 1. The summed E-state index contributed by atoms with van der Waals surface area (Å²) < 4.78 is 0. The molecule has 1 aromatic carbocycles. The second-order valence-electron chi connectivity index (χ2n) is 5.30. The zero-order valence-electron chi connectivity index (χ0n) is 11.3. The van der Waals surface area contributed by atoms with E-state index in [9.17, 15) is 15.0 Å². The Labute approximate surface area is 120 Å². The number of nitrogens with zero attached hydrogens (tertiary/aromatic N) is 1. The first kappa shape index (κ1) is 13.8. The number of hydrogen-bond acceptors (Lipinski definition) is 5. The number of aromatic nitrogens is 2. The van der Waals surface area contributed by atoms with Crippen LogP contribution < -0.4 is 5.32 Å². The molecular formula is C14H17N3O4. The summed E-state index contributed by atoms with van der Waals surface area (Å²) >= 11 is 0. The first-order valence-electron chi connectivity index (χ1n) is 6.89. The largest absolute Gasteiger partial charge is 0.506 e. The molecular weight excluding hydrogens is 274 g/mol. The Balaban J connectivity index is 1.90. The van der Waals surface area contributed by atoms with Gasteiger partial charge in [-0.15, -0.1) is 0 Å². The number of aromatic hydroxyl groups is 1. The van der Waals surface area contributed by atoms with Crippen molar-refractivity contribution < 1.29 is 20.1 Å². The maximum atomic E-state index is 12.2. The van der Waals surface area contributed by atoms with E-state index in [1.54, 1.807) is 0 Å². The SMILES string of the molecule is O=C(NCC(O)CO)c1ccc(O)c2nc(C3CC3)[nH]c12. The van der Waals surface area contributed by atoms with E-state index in [1.807, 2.05) is 0 Å². The van der Waals surface area contributed by atoms with Gasteiger partial charge in [-0.1, -0.05) is 0 Å². The fourth-order valence-electron chi connectivity index (χ4n) is 2.21. The molecule has 112 valence electrons. The number of carbonyl (C=O) groups is 1. The quantitative estimate of drug-likeness (QED) is 0.540. The number of aromatic amines is 1. The molecule has 1 aliphatic carbocycles. The number of fused-ring (bicyclic) bond motifs is 1. The van der Waals surface area contributed by atoms with Crippen LogP contribution in [0.25, 0.3) is 11.0 Å². The van der Waals surface area contributed by atoms with Crippen molar-refractivity contribution in [3.63, 3.8) is 0 Å². The highest BCUT2D eigenvalue weighted by Crippen LogP contribution is 2.40. The summed E-state index contributed by atoms with van der Waals surface area (Å²) in [4.78, 5) is 19.6. The minimum Gasteiger partial charge on any atom is -0.506 e. The zero-order chi connectivity index (χ0) is 15.0. The predicted molar refractivity (Wildman–Crippen MR) is 75.2 cm³/mol. The number of imidazole rings is 1. The average Bonchev–Trinajstić information content (AvgIpc) is 3.24. The van der Waals surface area contributed by atoms with Gasteiger partial charge in [-0.25, -0.2) is 4.98 Å². The second kappa shape index (κ2) is 5.34. The maximum Gasteiger partial charge on any atom is 0.253 e. The van der Waals surface area contributed by atoms with Crippen LogP contribution in [-0.4, -0.2) is 50.5 Å². The molecule has 0 spiro atoms. The van der Waals surface area contributed by atoms with Crippen molar-refractivity contribution in [2.45, 2.75) is 24.9 Å². The summed E-state index contributed by atoms with van der Waals surface area (Å²) in [6.45, 7) is -0.456. The lowest BCUT2D eigenvalue weighted by molar-refractivity contribution is 0.0803. The number of H-pyrrole nitrogens is 1.